The number of Topliss-reactive ketones (excluding diaryl/α,β-unsaturated/α-hetero) is 1. The molecule has 1 aliphatic rings. The van der Waals surface area contributed by atoms with Crippen LogP contribution < -0.4 is 0 Å². The zero-order valence-electron chi connectivity index (χ0n) is 11.4. The number of rotatable bonds is 1. The van der Waals surface area contributed by atoms with Gasteiger partial charge in [-0.1, -0.05) is 17.7 Å². The van der Waals surface area contributed by atoms with Gasteiger partial charge in [-0.3, -0.25) is 9.59 Å². The lowest BCUT2D eigenvalue weighted by Gasteiger charge is -2.20. The fourth-order valence-corrected chi connectivity index (χ4v) is 1.77. The maximum absolute atomic E-state index is 12.1. The molecule has 0 saturated heterocycles. The summed E-state index contributed by atoms with van der Waals surface area (Å²) in [4.78, 5) is 23.8. The van der Waals surface area contributed by atoms with Crippen molar-refractivity contribution in [2.75, 3.05) is 0 Å². The van der Waals surface area contributed by atoms with E-state index in [1.54, 1.807) is 32.9 Å². The van der Waals surface area contributed by atoms with Crippen LogP contribution >= 0.6 is 0 Å². The summed E-state index contributed by atoms with van der Waals surface area (Å²) in [5.74, 6) is -0.123. The molecule has 98 valence electrons. The van der Waals surface area contributed by atoms with Crippen LogP contribution in [0.1, 0.15) is 40.5 Å². The van der Waals surface area contributed by atoms with Gasteiger partial charge in [0.05, 0.1) is 5.60 Å². The molecular formula is C15H20O3. The Bertz CT molecular complexity index is 457. The predicted molar refractivity (Wildman–Crippen MR) is 71.1 cm³/mol. The van der Waals surface area contributed by atoms with E-state index in [0.29, 0.717) is 24.0 Å². The van der Waals surface area contributed by atoms with Gasteiger partial charge >= 0.3 is 0 Å². The molecule has 0 heterocycles. The van der Waals surface area contributed by atoms with E-state index >= 15 is 0 Å². The normalized spacial score (nSPS) is 27.7. The molecule has 0 amide bonds. The fourth-order valence-electron chi connectivity index (χ4n) is 1.77. The summed E-state index contributed by atoms with van der Waals surface area (Å²) in [5, 5.41) is 10.00. The van der Waals surface area contributed by atoms with Gasteiger partial charge in [0.2, 0.25) is 0 Å². The molecule has 1 N–H and O–H groups in total. The third kappa shape index (κ3) is 3.77. The van der Waals surface area contributed by atoms with E-state index in [4.69, 9.17) is 0 Å². The van der Waals surface area contributed by atoms with Crippen LogP contribution in [-0.4, -0.2) is 22.3 Å². The summed E-state index contributed by atoms with van der Waals surface area (Å²) in [6.07, 6.45) is 5.66. The Kier molecular flexibility index (Phi) is 4.41. The molecule has 0 aromatic rings. The summed E-state index contributed by atoms with van der Waals surface area (Å²) in [7, 11) is 0. The van der Waals surface area contributed by atoms with Gasteiger partial charge in [-0.25, -0.2) is 0 Å². The van der Waals surface area contributed by atoms with E-state index < -0.39 is 5.60 Å². The number of hydrogen-bond donors (Lipinski definition) is 1. The molecule has 3 heteroatoms. The first kappa shape index (κ1) is 14.6. The average Bonchev–Trinajstić information content (AvgIpc) is 2.22. The van der Waals surface area contributed by atoms with E-state index in [2.05, 4.69) is 0 Å². The summed E-state index contributed by atoms with van der Waals surface area (Å²) < 4.78 is 0. The van der Waals surface area contributed by atoms with Crippen molar-refractivity contribution >= 4 is 11.6 Å². The van der Waals surface area contributed by atoms with Gasteiger partial charge in [-0.15, -0.1) is 0 Å². The average molecular weight is 248 g/mol. The number of ketones is 2. The highest BCUT2D eigenvalue weighted by molar-refractivity contribution is 6.06. The fraction of sp³-hybridized carbons (Fsp3) is 0.467. The van der Waals surface area contributed by atoms with Crippen LogP contribution in [-0.2, 0) is 9.59 Å². The summed E-state index contributed by atoms with van der Waals surface area (Å²) in [6.45, 7) is 6.69. The zero-order valence-corrected chi connectivity index (χ0v) is 11.4. The lowest BCUT2D eigenvalue weighted by molar-refractivity contribution is -0.116. The first-order valence-corrected chi connectivity index (χ1v) is 6.08. The first-order valence-electron chi connectivity index (χ1n) is 6.08. The van der Waals surface area contributed by atoms with Crippen molar-refractivity contribution in [3.05, 3.63) is 34.9 Å². The number of aliphatic hydroxyl groups is 1. The molecule has 0 aliphatic heterocycles. The number of hydrogen-bond acceptors (Lipinski definition) is 3. The minimum absolute atomic E-state index is 0.0726. The molecular weight excluding hydrogens is 228 g/mol. The topological polar surface area (TPSA) is 54.4 Å². The van der Waals surface area contributed by atoms with Crippen molar-refractivity contribution in [3.63, 3.8) is 0 Å². The Morgan fingerprint density at radius 1 is 1.11 bits per heavy atom. The quantitative estimate of drug-likeness (QED) is 0.775. The second-order valence-electron chi connectivity index (χ2n) is 5.27. The van der Waals surface area contributed by atoms with Crippen molar-refractivity contribution < 1.29 is 14.7 Å². The van der Waals surface area contributed by atoms with Crippen molar-refractivity contribution in [2.24, 2.45) is 0 Å². The number of carbonyl (C=O) groups is 2. The van der Waals surface area contributed by atoms with Crippen LogP contribution in [0.25, 0.3) is 0 Å². The molecule has 3 nitrogen and oxygen atoms in total. The van der Waals surface area contributed by atoms with Gasteiger partial charge < -0.3 is 5.11 Å². The van der Waals surface area contributed by atoms with Crippen molar-refractivity contribution in [2.45, 2.75) is 46.1 Å². The smallest absolute Gasteiger partial charge is 0.184 e. The first-order chi connectivity index (χ1) is 8.21. The van der Waals surface area contributed by atoms with Gasteiger partial charge in [-0.05, 0) is 45.8 Å². The Morgan fingerprint density at radius 2 is 1.72 bits per heavy atom. The molecule has 18 heavy (non-hydrogen) atoms. The Morgan fingerprint density at radius 3 is 2.28 bits per heavy atom. The van der Waals surface area contributed by atoms with Gasteiger partial charge in [0, 0.05) is 12.0 Å². The van der Waals surface area contributed by atoms with Gasteiger partial charge in [-0.2, -0.15) is 0 Å². The molecule has 0 bridgehead atoms. The van der Waals surface area contributed by atoms with Crippen molar-refractivity contribution in [1.29, 1.82) is 0 Å². The summed E-state index contributed by atoms with van der Waals surface area (Å²) in [5.41, 5.74) is 0.556. The van der Waals surface area contributed by atoms with Crippen LogP contribution in [0.4, 0.5) is 0 Å². The highest BCUT2D eigenvalue weighted by atomic mass is 16.3. The van der Waals surface area contributed by atoms with Gasteiger partial charge in [0.25, 0.3) is 0 Å². The molecule has 0 radical (unpaired) electrons. The Balaban J connectivity index is 3.29. The standard InChI is InChI=1S/C15H20O3/c1-10-5-8-13(16)11(2)6-7-12(14(17)9-10)15(3,4)18/h6-7,9,18H,5,8H2,1-4H3/b10-9-,11-6-,12-7-. The van der Waals surface area contributed by atoms with E-state index in [-0.39, 0.29) is 11.6 Å². The van der Waals surface area contributed by atoms with Crippen molar-refractivity contribution in [1.82, 2.24) is 0 Å². The SMILES string of the molecule is C/C1=C/C(=O)/C(C(C)(C)O)=C/C=C(/C)C(=O)CC1. The molecule has 0 aromatic heterocycles. The van der Waals surface area contributed by atoms with Crippen LogP contribution in [0.2, 0.25) is 0 Å². The zero-order chi connectivity index (χ0) is 13.9. The monoisotopic (exact) mass is 248 g/mol. The molecule has 0 spiro atoms. The van der Waals surface area contributed by atoms with Gasteiger partial charge in [0.1, 0.15) is 0 Å². The third-order valence-electron chi connectivity index (χ3n) is 2.99. The van der Waals surface area contributed by atoms with Crippen molar-refractivity contribution in [3.8, 4) is 0 Å². The van der Waals surface area contributed by atoms with Crippen LogP contribution in [0.5, 0.6) is 0 Å². The van der Waals surface area contributed by atoms with E-state index in [0.717, 1.165) is 5.57 Å². The van der Waals surface area contributed by atoms with Crippen LogP contribution in [0.15, 0.2) is 34.9 Å². The minimum atomic E-state index is -1.22. The molecule has 0 fully saturated rings. The maximum atomic E-state index is 12.1. The van der Waals surface area contributed by atoms with Crippen LogP contribution in [0.3, 0.4) is 0 Å². The van der Waals surface area contributed by atoms with Gasteiger partial charge in [0.15, 0.2) is 11.6 Å². The number of carbonyl (C=O) groups excluding carboxylic acids is 2. The van der Waals surface area contributed by atoms with Crippen LogP contribution in [0, 0.1) is 0 Å². The number of allylic oxidation sites excluding steroid dienone is 5. The second-order valence-corrected chi connectivity index (χ2v) is 5.27. The second kappa shape index (κ2) is 5.44. The van der Waals surface area contributed by atoms with E-state index in [1.807, 2.05) is 6.92 Å². The molecule has 1 rings (SSSR count). The molecule has 0 atom stereocenters. The lowest BCUT2D eigenvalue weighted by Crippen LogP contribution is -2.27. The molecule has 0 saturated carbocycles. The molecule has 0 aromatic carbocycles. The molecule has 0 unspecified atom stereocenters. The Hall–Kier alpha value is -1.48. The third-order valence-corrected chi connectivity index (χ3v) is 2.99. The summed E-state index contributed by atoms with van der Waals surface area (Å²) >= 11 is 0. The molecule has 1 aliphatic carbocycles. The highest BCUT2D eigenvalue weighted by Crippen LogP contribution is 2.20. The predicted octanol–water partition coefficient (Wildman–Crippen LogP) is 2.51. The minimum Gasteiger partial charge on any atom is -0.386 e. The Labute approximate surface area is 108 Å². The highest BCUT2D eigenvalue weighted by Gasteiger charge is 2.24. The lowest BCUT2D eigenvalue weighted by atomic mass is 9.90. The maximum Gasteiger partial charge on any atom is 0.184 e. The largest absolute Gasteiger partial charge is 0.386 e. The van der Waals surface area contributed by atoms with E-state index in [9.17, 15) is 14.7 Å². The van der Waals surface area contributed by atoms with E-state index in [1.165, 1.54) is 6.08 Å². The summed E-state index contributed by atoms with van der Waals surface area (Å²) in [6, 6.07) is 0.